The van der Waals surface area contributed by atoms with Crippen LogP contribution in [0.15, 0.2) is 33.9 Å². The van der Waals surface area contributed by atoms with Crippen LogP contribution in [0.25, 0.3) is 10.2 Å². The Kier molecular flexibility index (Phi) is 6.73. The average Bonchev–Trinajstić information content (AvgIpc) is 3.35. The van der Waals surface area contributed by atoms with E-state index in [0.29, 0.717) is 11.7 Å². The van der Waals surface area contributed by atoms with E-state index in [2.05, 4.69) is 25.1 Å². The second-order valence-corrected chi connectivity index (χ2v) is 9.30. The zero-order valence-electron chi connectivity index (χ0n) is 17.0. The van der Waals surface area contributed by atoms with E-state index in [4.69, 9.17) is 9.63 Å². The van der Waals surface area contributed by atoms with Gasteiger partial charge in [0.05, 0.1) is 27.2 Å². The number of piperidine rings is 1. The van der Waals surface area contributed by atoms with Gasteiger partial charge in [0.1, 0.15) is 6.26 Å². The Bertz CT molecular complexity index is 1070. The third kappa shape index (κ3) is 5.54. The van der Waals surface area contributed by atoms with Crippen LogP contribution in [0.1, 0.15) is 25.0 Å². The summed E-state index contributed by atoms with van der Waals surface area (Å²) in [4.78, 5) is 30.9. The Morgan fingerprint density at radius 3 is 2.87 bits per heavy atom. The van der Waals surface area contributed by atoms with E-state index in [9.17, 15) is 9.59 Å². The van der Waals surface area contributed by atoms with Crippen LogP contribution in [0.3, 0.4) is 0 Å². The Hall–Kier alpha value is -2.63. The molecule has 1 aliphatic heterocycles. The average molecular weight is 462 g/mol. The van der Waals surface area contributed by atoms with Crippen molar-refractivity contribution in [2.75, 3.05) is 29.7 Å². The molecule has 0 unspecified atom stereocenters. The van der Waals surface area contributed by atoms with Gasteiger partial charge >= 0.3 is 5.97 Å². The number of fused-ring (bicyclic) bond motifs is 1. The van der Waals surface area contributed by atoms with Gasteiger partial charge in [0.25, 0.3) is 0 Å². The van der Waals surface area contributed by atoms with Gasteiger partial charge in [0, 0.05) is 18.2 Å². The summed E-state index contributed by atoms with van der Waals surface area (Å²) in [5, 5.41) is 16.2. The minimum atomic E-state index is -0.791. The Morgan fingerprint density at radius 1 is 1.35 bits per heavy atom. The first-order valence-electron chi connectivity index (χ1n) is 9.97. The van der Waals surface area contributed by atoms with Crippen molar-refractivity contribution in [3.8, 4) is 0 Å². The lowest BCUT2D eigenvalue weighted by molar-refractivity contribution is -0.137. The van der Waals surface area contributed by atoms with Crippen LogP contribution in [0, 0.1) is 12.8 Å². The van der Waals surface area contributed by atoms with E-state index in [0.717, 1.165) is 52.4 Å². The number of likely N-dealkylation sites (tertiary alicyclic amines) is 1. The molecule has 1 amide bonds. The summed E-state index contributed by atoms with van der Waals surface area (Å²) in [5.41, 5.74) is 2.59. The zero-order valence-corrected chi connectivity index (χ0v) is 18.6. The maximum Gasteiger partial charge on any atom is 0.304 e. The van der Waals surface area contributed by atoms with Crippen LogP contribution in [0.2, 0.25) is 0 Å². The van der Waals surface area contributed by atoms with Gasteiger partial charge in [-0.05, 0) is 63.0 Å². The smallest absolute Gasteiger partial charge is 0.304 e. The van der Waals surface area contributed by atoms with Crippen LogP contribution >= 0.6 is 23.3 Å². The van der Waals surface area contributed by atoms with Gasteiger partial charge in [-0.15, -0.1) is 0 Å². The van der Waals surface area contributed by atoms with Crippen molar-refractivity contribution in [3.05, 3.63) is 30.2 Å². The Balaban J connectivity index is 1.32. The van der Waals surface area contributed by atoms with E-state index in [1.165, 1.54) is 23.3 Å². The molecule has 31 heavy (non-hydrogen) atoms. The molecule has 0 spiro atoms. The highest BCUT2D eigenvalue weighted by molar-refractivity contribution is 8.00. The summed E-state index contributed by atoms with van der Waals surface area (Å²) < 4.78 is 9.18. The van der Waals surface area contributed by atoms with Gasteiger partial charge in [0.15, 0.2) is 5.13 Å². The zero-order chi connectivity index (χ0) is 21.8. The second kappa shape index (κ2) is 9.67. The molecule has 2 aromatic heterocycles. The molecule has 164 valence electrons. The minimum Gasteiger partial charge on any atom is -0.481 e. The molecule has 0 radical (unpaired) electrons. The highest BCUT2D eigenvalue weighted by Crippen LogP contribution is 2.31. The quantitative estimate of drug-likeness (QED) is 0.430. The van der Waals surface area contributed by atoms with E-state index in [-0.39, 0.29) is 18.2 Å². The van der Waals surface area contributed by atoms with Gasteiger partial charge in [-0.2, -0.15) is 0 Å². The number of benzene rings is 1. The summed E-state index contributed by atoms with van der Waals surface area (Å²) in [6.07, 6.45) is 3.19. The topological polar surface area (TPSA) is 121 Å². The molecular formula is C20H23N5O4S2. The van der Waals surface area contributed by atoms with E-state index in [1.54, 1.807) is 6.26 Å². The molecule has 1 fully saturated rings. The van der Waals surface area contributed by atoms with Crippen LogP contribution in [-0.4, -0.2) is 51.7 Å². The number of nitrogens with one attached hydrogen (secondary N) is 2. The fourth-order valence-electron chi connectivity index (χ4n) is 3.42. The molecule has 4 rings (SSSR count). The predicted octanol–water partition coefficient (Wildman–Crippen LogP) is 3.84. The normalized spacial score (nSPS) is 15.3. The largest absolute Gasteiger partial charge is 0.481 e. The molecule has 1 saturated heterocycles. The van der Waals surface area contributed by atoms with Crippen molar-refractivity contribution in [2.24, 2.45) is 5.92 Å². The number of aryl methyl sites for hydroxylation is 1. The molecule has 1 aromatic carbocycles. The molecule has 0 saturated carbocycles. The third-order valence-corrected chi connectivity index (χ3v) is 7.09. The first-order chi connectivity index (χ1) is 15.0. The number of aliphatic carboxylic acids is 1. The number of carbonyl (C=O) groups is 2. The maximum absolute atomic E-state index is 12.7. The first kappa shape index (κ1) is 21.6. The Morgan fingerprint density at radius 2 is 2.16 bits per heavy atom. The molecule has 0 bridgehead atoms. The number of anilines is 2. The van der Waals surface area contributed by atoms with Crippen LogP contribution < -0.4 is 10.0 Å². The number of nitrogens with zero attached hydrogens (tertiary/aromatic N) is 3. The summed E-state index contributed by atoms with van der Waals surface area (Å²) in [7, 11) is 0. The molecule has 11 heteroatoms. The van der Waals surface area contributed by atoms with Crippen molar-refractivity contribution < 1.29 is 19.2 Å². The fraction of sp³-hybridized carbons (Fsp3) is 0.400. The van der Waals surface area contributed by atoms with E-state index < -0.39 is 5.97 Å². The van der Waals surface area contributed by atoms with Crippen molar-refractivity contribution in [3.63, 3.8) is 0 Å². The van der Waals surface area contributed by atoms with Gasteiger partial charge in [-0.25, -0.2) is 4.98 Å². The van der Waals surface area contributed by atoms with Crippen molar-refractivity contribution >= 4 is 56.2 Å². The molecule has 3 N–H and O–H groups in total. The lowest BCUT2D eigenvalue weighted by atomic mass is 9.96. The SMILES string of the molecule is Cc1nocc1SNc1ccc2nc(NC(=O)C3CCN(CCC(=O)O)CC3)sc2c1. The van der Waals surface area contributed by atoms with Crippen LogP contribution in [0.5, 0.6) is 0 Å². The molecule has 0 atom stereocenters. The number of carbonyl (C=O) groups excluding carboxylic acids is 1. The second-order valence-electron chi connectivity index (χ2n) is 7.42. The van der Waals surface area contributed by atoms with Crippen molar-refractivity contribution in [2.45, 2.75) is 31.1 Å². The summed E-state index contributed by atoms with van der Waals surface area (Å²) in [6.45, 7) is 3.90. The predicted molar refractivity (Wildman–Crippen MR) is 120 cm³/mol. The number of thiazole rings is 1. The summed E-state index contributed by atoms with van der Waals surface area (Å²) in [5.74, 6) is -0.886. The number of carboxylic acids is 1. The standard InChI is InChI=1S/C20H23N5O4S2/c1-12-17(11-29-23-12)31-24-14-2-3-15-16(10-14)30-20(21-15)22-19(28)13-4-7-25(8-5-13)9-6-18(26)27/h2-3,10-11,13,24H,4-9H2,1H3,(H,26,27)(H,21,22,28). The maximum atomic E-state index is 12.7. The summed E-state index contributed by atoms with van der Waals surface area (Å²) >= 11 is 2.87. The van der Waals surface area contributed by atoms with E-state index in [1.807, 2.05) is 25.1 Å². The van der Waals surface area contributed by atoms with E-state index >= 15 is 0 Å². The monoisotopic (exact) mass is 461 g/mol. The van der Waals surface area contributed by atoms with Gasteiger partial charge < -0.3 is 24.6 Å². The number of hydrogen-bond acceptors (Lipinski definition) is 9. The number of hydrogen-bond donors (Lipinski definition) is 3. The Labute approximate surface area is 187 Å². The molecule has 9 nitrogen and oxygen atoms in total. The molecule has 0 aliphatic carbocycles. The van der Waals surface area contributed by atoms with Crippen molar-refractivity contribution in [1.82, 2.24) is 15.0 Å². The molecule has 1 aliphatic rings. The molecular weight excluding hydrogens is 438 g/mol. The van der Waals surface area contributed by atoms with Gasteiger partial charge in [0.2, 0.25) is 5.91 Å². The lowest BCUT2D eigenvalue weighted by Crippen LogP contribution is -2.39. The number of amides is 1. The van der Waals surface area contributed by atoms with Gasteiger partial charge in [-0.3, -0.25) is 9.59 Å². The highest BCUT2D eigenvalue weighted by Gasteiger charge is 2.25. The molecule has 3 aromatic rings. The fourth-order valence-corrected chi connectivity index (χ4v) is 4.96. The number of carboxylic acid groups (broad SMARTS) is 1. The highest BCUT2D eigenvalue weighted by atomic mass is 32.2. The minimum absolute atomic E-state index is 0.0197. The van der Waals surface area contributed by atoms with Crippen molar-refractivity contribution in [1.29, 1.82) is 0 Å². The lowest BCUT2D eigenvalue weighted by Gasteiger charge is -2.30. The van der Waals surface area contributed by atoms with Gasteiger partial charge in [-0.1, -0.05) is 16.5 Å². The number of rotatable bonds is 8. The third-order valence-electron chi connectivity index (χ3n) is 5.20. The first-order valence-corrected chi connectivity index (χ1v) is 11.6. The van der Waals surface area contributed by atoms with Crippen LogP contribution in [-0.2, 0) is 9.59 Å². The summed E-state index contributed by atoms with van der Waals surface area (Å²) in [6, 6.07) is 5.86. The number of aromatic nitrogens is 2. The molecule has 3 heterocycles. The van der Waals surface area contributed by atoms with Crippen LogP contribution in [0.4, 0.5) is 10.8 Å².